The van der Waals surface area contributed by atoms with Gasteiger partial charge in [0.05, 0.1) is 0 Å². The zero-order valence-corrected chi connectivity index (χ0v) is 10.3. The molecule has 0 fully saturated rings. The van der Waals surface area contributed by atoms with E-state index < -0.39 is 0 Å². The molecule has 0 atom stereocenters. The van der Waals surface area contributed by atoms with Crippen molar-refractivity contribution in [1.82, 2.24) is 0 Å². The number of allylic oxidation sites excluding steroid dienone is 8. The minimum absolute atomic E-state index is 1.01. The van der Waals surface area contributed by atoms with E-state index in [4.69, 9.17) is 0 Å². The summed E-state index contributed by atoms with van der Waals surface area (Å²) in [6, 6.07) is 0. The zero-order valence-electron chi connectivity index (χ0n) is 6.88. The van der Waals surface area contributed by atoms with E-state index in [0.717, 1.165) is 12.8 Å². The van der Waals surface area contributed by atoms with E-state index in [-0.39, 0.29) is 0 Å². The van der Waals surface area contributed by atoms with Crippen molar-refractivity contribution in [3.05, 3.63) is 48.6 Å². The Labute approximate surface area is 91.3 Å². The molecule has 2 aliphatic carbocycles. The molecule has 2 radical (unpaired) electrons. The van der Waals surface area contributed by atoms with E-state index in [0.29, 0.717) is 0 Å². The van der Waals surface area contributed by atoms with Crippen molar-refractivity contribution in [2.24, 2.45) is 0 Å². The Kier molecular flexibility index (Phi) is 11.1. The van der Waals surface area contributed by atoms with Crippen LogP contribution in [0.25, 0.3) is 0 Å². The van der Waals surface area contributed by atoms with E-state index in [9.17, 15) is 0 Å². The third-order valence-corrected chi connectivity index (χ3v) is 1.17. The quantitative estimate of drug-likeness (QED) is 0.456. The normalized spacial score (nSPS) is 15.2. The zero-order chi connectivity index (χ0) is 9.07. The molecule has 2 rings (SSSR count). The Bertz CT molecular complexity index is 160. The molecule has 2 aliphatic rings. The van der Waals surface area contributed by atoms with Gasteiger partial charge in [-0.25, -0.2) is 24.3 Å². The third-order valence-electron chi connectivity index (χ3n) is 1.17. The van der Waals surface area contributed by atoms with Gasteiger partial charge in [0, 0.05) is 0 Å². The molecule has 0 aliphatic heterocycles. The molecule has 0 spiro atoms. The van der Waals surface area contributed by atoms with Gasteiger partial charge in [-0.05, 0) is 0 Å². The van der Waals surface area contributed by atoms with Gasteiger partial charge >= 0.3 is 30.2 Å². The molecule has 0 saturated carbocycles. The summed E-state index contributed by atoms with van der Waals surface area (Å²) in [5.41, 5.74) is 0. The van der Waals surface area contributed by atoms with E-state index in [1.807, 2.05) is 24.3 Å². The molecule has 0 heterocycles. The first-order chi connectivity index (χ1) is 6.00. The molecular formula is C10H10SiZr. The van der Waals surface area contributed by atoms with Crippen LogP contribution in [0.5, 0.6) is 0 Å². The number of hydrogen-bond donors (Lipinski definition) is 0. The third kappa shape index (κ3) is 8.16. The summed E-state index contributed by atoms with van der Waals surface area (Å²) in [6.07, 6.45) is 20.0. The standard InChI is InChI=1S/2C5H5.Si.Zr/c2*1-2-4-5-3-1;;/h2*1-3H,4H2;;/q2*-1;;+2. The number of rotatable bonds is 0. The second-order valence-corrected chi connectivity index (χ2v) is 2.01. The summed E-state index contributed by atoms with van der Waals surface area (Å²) in [5.74, 6) is 0. The first-order valence-corrected chi connectivity index (χ1v) is 7.87. The molecular weight excluding hydrogens is 239 g/mol. The van der Waals surface area contributed by atoms with Gasteiger partial charge in [0.1, 0.15) is 0 Å². The minimum atomic E-state index is 1.01. The molecule has 0 unspecified atom stereocenters. The summed E-state index contributed by atoms with van der Waals surface area (Å²) in [7, 11) is 0. The molecule has 0 aromatic heterocycles. The average molecular weight is 249 g/mol. The van der Waals surface area contributed by atoms with Gasteiger partial charge in [-0.2, -0.15) is 12.2 Å². The van der Waals surface area contributed by atoms with Crippen molar-refractivity contribution in [1.29, 1.82) is 0 Å². The van der Waals surface area contributed by atoms with Gasteiger partial charge in [0.2, 0.25) is 0 Å². The summed E-state index contributed by atoms with van der Waals surface area (Å²) < 4.78 is 0. The van der Waals surface area contributed by atoms with Gasteiger partial charge in [0.15, 0.2) is 0 Å². The molecule has 0 saturated heterocycles. The summed E-state index contributed by atoms with van der Waals surface area (Å²) in [6.45, 7) is 3.06. The van der Waals surface area contributed by atoms with Crippen molar-refractivity contribution in [2.75, 3.05) is 0 Å². The van der Waals surface area contributed by atoms with Crippen LogP contribution in [-0.2, 0) is 23.3 Å². The molecule has 0 aromatic rings. The Hall–Kier alpha value is 0.0600. The first kappa shape index (κ1) is 12.1. The predicted molar refractivity (Wildman–Crippen MR) is 48.9 cm³/mol. The van der Waals surface area contributed by atoms with Crippen LogP contribution in [0.1, 0.15) is 12.8 Å². The topological polar surface area (TPSA) is 0 Å². The van der Waals surface area contributed by atoms with E-state index in [1.165, 1.54) is 23.3 Å². The van der Waals surface area contributed by atoms with Gasteiger partial charge < -0.3 is 0 Å². The van der Waals surface area contributed by atoms with Crippen molar-refractivity contribution in [2.45, 2.75) is 12.8 Å². The molecule has 2 heteroatoms. The number of hydrogen-bond acceptors (Lipinski definition) is 0. The molecule has 0 N–H and O–H groups in total. The molecule has 0 bridgehead atoms. The predicted octanol–water partition coefficient (Wildman–Crippen LogP) is 2.23. The fraction of sp³-hybridized carbons (Fsp3) is 0.200. The van der Waals surface area contributed by atoms with E-state index >= 15 is 0 Å². The second kappa shape index (κ2) is 11.1. The maximum absolute atomic E-state index is 3.06. The van der Waals surface area contributed by atoms with E-state index in [2.05, 4.69) is 31.2 Å². The second-order valence-electron chi connectivity index (χ2n) is 2.01. The Balaban J connectivity index is 0.000000168. The van der Waals surface area contributed by atoms with Crippen LogP contribution in [0.4, 0.5) is 0 Å². The summed E-state index contributed by atoms with van der Waals surface area (Å²) >= 11 is 1.36. The first-order valence-electron chi connectivity index (χ1n) is 3.68. The van der Waals surface area contributed by atoms with Crippen molar-refractivity contribution >= 4 is 6.88 Å². The fourth-order valence-electron chi connectivity index (χ4n) is 0.680. The van der Waals surface area contributed by atoms with Gasteiger partial charge in [0.25, 0.3) is 0 Å². The van der Waals surface area contributed by atoms with Gasteiger partial charge in [-0.3, -0.25) is 12.2 Å². The SMILES string of the molecule is [C-]1=CC=CC1.[C-]1=CC=CC1.[Si]=[Zr+2]. The van der Waals surface area contributed by atoms with Crippen LogP contribution >= 0.6 is 0 Å². The molecule has 58 valence electrons. The monoisotopic (exact) mass is 248 g/mol. The van der Waals surface area contributed by atoms with Crippen LogP contribution in [0.3, 0.4) is 0 Å². The summed E-state index contributed by atoms with van der Waals surface area (Å²) in [5, 5.41) is 0. The summed E-state index contributed by atoms with van der Waals surface area (Å²) in [4.78, 5) is 0. The Morgan fingerprint density at radius 3 is 1.42 bits per heavy atom. The van der Waals surface area contributed by atoms with E-state index in [1.54, 1.807) is 0 Å². The van der Waals surface area contributed by atoms with Crippen LogP contribution in [0.2, 0.25) is 0 Å². The molecule has 0 amide bonds. The average Bonchev–Trinajstić information content (AvgIpc) is 2.87. The van der Waals surface area contributed by atoms with Gasteiger partial charge in [-0.1, -0.05) is 0 Å². The Morgan fingerprint density at radius 1 is 0.917 bits per heavy atom. The van der Waals surface area contributed by atoms with Crippen LogP contribution in [-0.4, -0.2) is 6.88 Å². The van der Waals surface area contributed by atoms with Crippen molar-refractivity contribution in [3.63, 3.8) is 0 Å². The molecule has 12 heavy (non-hydrogen) atoms. The van der Waals surface area contributed by atoms with Crippen LogP contribution < -0.4 is 0 Å². The van der Waals surface area contributed by atoms with Crippen molar-refractivity contribution in [3.8, 4) is 0 Å². The Morgan fingerprint density at radius 2 is 1.33 bits per heavy atom. The van der Waals surface area contributed by atoms with Gasteiger partial charge in [-0.15, -0.1) is 12.8 Å². The fourth-order valence-corrected chi connectivity index (χ4v) is 0.680. The van der Waals surface area contributed by atoms with Crippen LogP contribution in [0, 0.1) is 12.2 Å². The molecule has 0 aromatic carbocycles. The maximum atomic E-state index is 3.06. The molecule has 0 nitrogen and oxygen atoms in total. The van der Waals surface area contributed by atoms with Crippen molar-refractivity contribution < 1.29 is 23.3 Å². The van der Waals surface area contributed by atoms with Crippen LogP contribution in [0.15, 0.2) is 36.5 Å².